The van der Waals surface area contributed by atoms with Gasteiger partial charge in [-0.05, 0) is 42.9 Å². The molecule has 0 amide bonds. The third kappa shape index (κ3) is 23.5. The summed E-state index contributed by atoms with van der Waals surface area (Å²) in [6.07, 6.45) is 41.8. The van der Waals surface area contributed by atoms with Crippen LogP contribution in [0.5, 0.6) is 0 Å². The Morgan fingerprint density at radius 2 is 0.727 bits per heavy atom. The van der Waals surface area contributed by atoms with Crippen LogP contribution in [-0.4, -0.2) is 13.0 Å². The van der Waals surface area contributed by atoms with Crippen molar-refractivity contribution in [3.63, 3.8) is 0 Å². The van der Waals surface area contributed by atoms with Crippen LogP contribution in [0.1, 0.15) is 218 Å². The minimum atomic E-state index is -4.19. The van der Waals surface area contributed by atoms with E-state index in [0.29, 0.717) is 0 Å². The minimum Gasteiger partial charge on any atom is -0.282 e. The van der Waals surface area contributed by atoms with Crippen molar-refractivity contribution in [1.82, 2.24) is 0 Å². The Kier molecular flexibility index (Phi) is 27.6. The zero-order valence-electron chi connectivity index (χ0n) is 29.5. The summed E-state index contributed by atoms with van der Waals surface area (Å²) in [5.74, 6) is 0. The molecule has 0 heterocycles. The van der Waals surface area contributed by atoms with Gasteiger partial charge in [0.2, 0.25) is 0 Å². The molecule has 1 aromatic carbocycles. The molecule has 4 heteroatoms. The Bertz CT molecular complexity index is 863. The van der Waals surface area contributed by atoms with Crippen LogP contribution in [0.3, 0.4) is 0 Å². The predicted octanol–water partition coefficient (Wildman–Crippen LogP) is 13.8. The third-order valence-electron chi connectivity index (χ3n) is 9.59. The second-order valence-electron chi connectivity index (χ2n) is 13.8. The molecule has 0 atom stereocenters. The predicted molar refractivity (Wildman–Crippen MR) is 194 cm³/mol. The summed E-state index contributed by atoms with van der Waals surface area (Å²) in [7, 11) is -4.19. The van der Waals surface area contributed by atoms with E-state index in [2.05, 4.69) is 19.9 Å². The van der Waals surface area contributed by atoms with Crippen LogP contribution in [0.2, 0.25) is 0 Å². The lowest BCUT2D eigenvalue weighted by molar-refractivity contribution is 0.481. The van der Waals surface area contributed by atoms with Gasteiger partial charge >= 0.3 is 0 Å². The smallest absolute Gasteiger partial charge is 0.282 e. The molecule has 0 saturated carbocycles. The fraction of sp³-hybridized carbons (Fsp3) is 0.850. The van der Waals surface area contributed by atoms with E-state index in [0.717, 1.165) is 43.2 Å². The van der Waals surface area contributed by atoms with E-state index in [9.17, 15) is 13.0 Å². The Morgan fingerprint density at radius 1 is 0.432 bits per heavy atom. The first-order chi connectivity index (χ1) is 21.5. The van der Waals surface area contributed by atoms with Gasteiger partial charge in [0.15, 0.2) is 0 Å². The molecule has 0 bridgehead atoms. The highest BCUT2D eigenvalue weighted by Crippen LogP contribution is 2.25. The lowest BCUT2D eigenvalue weighted by Crippen LogP contribution is -2.07. The molecule has 1 N–H and O–H groups in total. The van der Waals surface area contributed by atoms with Crippen molar-refractivity contribution >= 4 is 10.1 Å². The molecule has 1 rings (SSSR count). The van der Waals surface area contributed by atoms with E-state index >= 15 is 0 Å². The number of unbranched alkanes of at least 4 members (excludes halogenated alkanes) is 28. The molecule has 0 aliphatic carbocycles. The maximum absolute atomic E-state index is 12.1. The van der Waals surface area contributed by atoms with Crippen molar-refractivity contribution in [3.8, 4) is 0 Å². The van der Waals surface area contributed by atoms with Gasteiger partial charge in [-0.3, -0.25) is 4.55 Å². The fourth-order valence-corrected chi connectivity index (χ4v) is 7.53. The van der Waals surface area contributed by atoms with Crippen molar-refractivity contribution < 1.29 is 13.0 Å². The van der Waals surface area contributed by atoms with E-state index in [1.54, 1.807) is 12.1 Å². The summed E-state index contributed by atoms with van der Waals surface area (Å²) in [5.41, 5.74) is 2.00. The second-order valence-corrected chi connectivity index (χ2v) is 15.2. The van der Waals surface area contributed by atoms with Gasteiger partial charge in [-0.2, -0.15) is 8.42 Å². The van der Waals surface area contributed by atoms with E-state index < -0.39 is 10.1 Å². The Balaban J connectivity index is 2.17. The SMILES string of the molecule is CCCCCCCCCCCCCCCCCc1cccc(S(=O)(=O)O)c1CCCCCCCCCCCCCCCCC. The average molecular weight is 635 g/mol. The molecule has 0 radical (unpaired) electrons. The Labute approximate surface area is 275 Å². The first-order valence-electron chi connectivity index (χ1n) is 19.6. The van der Waals surface area contributed by atoms with Crippen LogP contribution < -0.4 is 0 Å². The van der Waals surface area contributed by atoms with Crippen LogP contribution >= 0.6 is 0 Å². The molecule has 0 aliphatic heterocycles. The van der Waals surface area contributed by atoms with Crippen LogP contribution in [0.15, 0.2) is 23.1 Å². The lowest BCUT2D eigenvalue weighted by Gasteiger charge is -2.14. The van der Waals surface area contributed by atoms with Gasteiger partial charge in [0.05, 0.1) is 4.90 Å². The molecule has 0 aromatic heterocycles. The van der Waals surface area contributed by atoms with Gasteiger partial charge in [0.25, 0.3) is 10.1 Å². The molecule has 0 spiro atoms. The van der Waals surface area contributed by atoms with Gasteiger partial charge in [0.1, 0.15) is 0 Å². The van der Waals surface area contributed by atoms with E-state index in [1.165, 1.54) is 173 Å². The van der Waals surface area contributed by atoms with Crippen molar-refractivity contribution in [1.29, 1.82) is 0 Å². The summed E-state index contributed by atoms with van der Waals surface area (Å²) >= 11 is 0. The molecule has 1 aromatic rings. The number of rotatable bonds is 33. The number of benzene rings is 1. The van der Waals surface area contributed by atoms with Crippen LogP contribution in [-0.2, 0) is 23.0 Å². The summed E-state index contributed by atoms with van der Waals surface area (Å²) in [6, 6.07) is 5.48. The lowest BCUT2D eigenvalue weighted by atomic mass is 9.96. The van der Waals surface area contributed by atoms with Crippen LogP contribution in [0, 0.1) is 0 Å². The molecule has 0 saturated heterocycles. The monoisotopic (exact) mass is 635 g/mol. The van der Waals surface area contributed by atoms with Crippen molar-refractivity contribution in [2.45, 2.75) is 224 Å². The molecular weight excluding hydrogens is 561 g/mol. The van der Waals surface area contributed by atoms with Crippen molar-refractivity contribution in [2.24, 2.45) is 0 Å². The van der Waals surface area contributed by atoms with E-state index in [4.69, 9.17) is 0 Å². The van der Waals surface area contributed by atoms with E-state index in [1.807, 2.05) is 0 Å². The van der Waals surface area contributed by atoms with Gasteiger partial charge < -0.3 is 0 Å². The number of hydrogen-bond donors (Lipinski definition) is 1. The largest absolute Gasteiger partial charge is 0.294 e. The number of aryl methyl sites for hydroxylation is 1. The molecule has 0 unspecified atom stereocenters. The minimum absolute atomic E-state index is 0.140. The highest BCUT2D eigenvalue weighted by Gasteiger charge is 2.17. The fourth-order valence-electron chi connectivity index (χ4n) is 6.73. The maximum atomic E-state index is 12.1. The van der Waals surface area contributed by atoms with Crippen molar-refractivity contribution in [3.05, 3.63) is 29.3 Å². The standard InChI is InChI=1S/C40H74O3S/c1-3-5-7-9-11-13-15-17-19-21-23-25-27-29-31-34-38-35-33-37-40(44(41,42)43)39(38)36-32-30-28-26-24-22-20-18-16-14-12-10-8-6-4-2/h33,35,37H,3-32,34,36H2,1-2H3,(H,41,42,43). The van der Waals surface area contributed by atoms with E-state index in [-0.39, 0.29) is 4.90 Å². The highest BCUT2D eigenvalue weighted by molar-refractivity contribution is 7.85. The van der Waals surface area contributed by atoms with Gasteiger partial charge in [-0.25, -0.2) is 0 Å². The van der Waals surface area contributed by atoms with Crippen molar-refractivity contribution in [2.75, 3.05) is 0 Å². The summed E-state index contributed by atoms with van der Waals surface area (Å²) in [6.45, 7) is 4.56. The first-order valence-corrected chi connectivity index (χ1v) is 21.0. The highest BCUT2D eigenvalue weighted by atomic mass is 32.2. The zero-order valence-corrected chi connectivity index (χ0v) is 30.3. The maximum Gasteiger partial charge on any atom is 0.294 e. The van der Waals surface area contributed by atoms with Crippen LogP contribution in [0.4, 0.5) is 0 Å². The van der Waals surface area contributed by atoms with Crippen LogP contribution in [0.25, 0.3) is 0 Å². The average Bonchev–Trinajstić information content (AvgIpc) is 3.00. The topological polar surface area (TPSA) is 54.4 Å². The number of hydrogen-bond acceptors (Lipinski definition) is 2. The molecule has 0 aliphatic rings. The normalized spacial score (nSPS) is 11.9. The Morgan fingerprint density at radius 3 is 1.05 bits per heavy atom. The summed E-state index contributed by atoms with van der Waals surface area (Å²) in [4.78, 5) is 0.140. The third-order valence-corrected chi connectivity index (χ3v) is 10.5. The van der Waals surface area contributed by atoms with Gasteiger partial charge in [-0.1, -0.05) is 206 Å². The summed E-state index contributed by atoms with van der Waals surface area (Å²) in [5, 5.41) is 0. The molecule has 3 nitrogen and oxygen atoms in total. The summed E-state index contributed by atoms with van der Waals surface area (Å²) < 4.78 is 34.2. The molecular formula is C40H74O3S. The Hall–Kier alpha value is -0.870. The molecule has 258 valence electrons. The quantitative estimate of drug-likeness (QED) is 0.0618. The molecule has 0 fully saturated rings. The van der Waals surface area contributed by atoms with Gasteiger partial charge in [-0.15, -0.1) is 0 Å². The second kappa shape index (κ2) is 29.5. The first kappa shape index (κ1) is 41.2. The molecule has 44 heavy (non-hydrogen) atoms. The van der Waals surface area contributed by atoms with Gasteiger partial charge in [0, 0.05) is 0 Å². The zero-order chi connectivity index (χ0) is 32.0.